The Morgan fingerprint density at radius 1 is 0.639 bits per heavy atom. The lowest BCUT2D eigenvalue weighted by Crippen LogP contribution is -2.36. The first-order valence-electron chi connectivity index (χ1n) is 22.3. The number of carbonyl (C=O) groups excluding carboxylic acids is 2. The van der Waals surface area contributed by atoms with E-state index in [1.54, 1.807) is 0 Å². The zero-order valence-electron chi connectivity index (χ0n) is 36.9. The van der Waals surface area contributed by atoms with Crippen molar-refractivity contribution < 1.29 is 14.2 Å². The molecule has 5 aromatic rings. The van der Waals surface area contributed by atoms with Crippen molar-refractivity contribution in [3.05, 3.63) is 114 Å². The van der Waals surface area contributed by atoms with Crippen LogP contribution in [0.1, 0.15) is 76.2 Å². The van der Waals surface area contributed by atoms with Gasteiger partial charge in [0.25, 0.3) is 0 Å². The van der Waals surface area contributed by atoms with Gasteiger partial charge in [-0.05, 0) is 99.6 Å². The van der Waals surface area contributed by atoms with Gasteiger partial charge < -0.3 is 30.2 Å². The highest BCUT2D eigenvalue weighted by molar-refractivity contribution is 8.04. The molecule has 0 saturated carbocycles. The van der Waals surface area contributed by atoms with Crippen molar-refractivity contribution in [1.29, 1.82) is 0 Å². The number of thioether (sulfide) groups is 1. The molecule has 320 valence electrons. The molecule has 0 saturated heterocycles. The van der Waals surface area contributed by atoms with Crippen molar-refractivity contribution in [1.82, 2.24) is 10.6 Å². The van der Waals surface area contributed by atoms with Crippen LogP contribution in [0.5, 0.6) is 0 Å². The van der Waals surface area contributed by atoms with Crippen LogP contribution in [0.15, 0.2) is 113 Å². The third kappa shape index (κ3) is 10.9. The van der Waals surface area contributed by atoms with Crippen LogP contribution >= 0.6 is 11.8 Å². The number of aryl methyl sites for hydroxylation is 1. The smallest absolute Gasteiger partial charge is 0.219 e. The summed E-state index contributed by atoms with van der Waals surface area (Å²) in [6.45, 7) is 3.21. The molecule has 0 fully saturated rings. The third-order valence-electron chi connectivity index (χ3n) is 11.9. The molecular weight excluding hydrogens is 775 g/mol. The van der Waals surface area contributed by atoms with Gasteiger partial charge in [0.15, 0.2) is 0 Å². The zero-order chi connectivity index (χ0) is 42.7. The van der Waals surface area contributed by atoms with Crippen LogP contribution in [0.25, 0.3) is 27.4 Å². The number of amides is 2. The van der Waals surface area contributed by atoms with Crippen molar-refractivity contribution in [2.24, 2.45) is 0 Å². The molecule has 2 aliphatic heterocycles. The summed E-state index contributed by atoms with van der Waals surface area (Å²) in [6, 6.07) is 32.9. The summed E-state index contributed by atoms with van der Waals surface area (Å²) in [7, 11) is 10.5. The predicted molar refractivity (Wildman–Crippen MR) is 258 cm³/mol. The number of unbranched alkanes of at least 4 members (excludes halogenated alkanes) is 6. The van der Waals surface area contributed by atoms with Gasteiger partial charge in [0.1, 0.15) is 6.54 Å². The Morgan fingerprint density at radius 3 is 1.84 bits per heavy atom. The van der Waals surface area contributed by atoms with E-state index >= 15 is 0 Å². The summed E-state index contributed by atoms with van der Waals surface area (Å²) >= 11 is 1.84. The van der Waals surface area contributed by atoms with E-state index in [0.29, 0.717) is 25.9 Å². The quantitative estimate of drug-likeness (QED) is 0.0460. The maximum Gasteiger partial charge on any atom is 0.219 e. The summed E-state index contributed by atoms with van der Waals surface area (Å²) in [5.41, 5.74) is 9.88. The van der Waals surface area contributed by atoms with E-state index in [1.807, 2.05) is 11.8 Å². The first-order valence-corrected chi connectivity index (χ1v) is 23.1. The Kier molecular flexibility index (Phi) is 14.9. The molecule has 2 N–H and O–H groups in total. The second kappa shape index (κ2) is 20.9. The van der Waals surface area contributed by atoms with Crippen LogP contribution in [0.2, 0.25) is 0 Å². The number of fused-ring (bicyclic) bond motifs is 4. The molecule has 0 aliphatic carbocycles. The number of nitrogens with one attached hydrogen (secondary N) is 2. The number of anilines is 4. The molecule has 0 bridgehead atoms. The first-order chi connectivity index (χ1) is 29.7. The van der Waals surface area contributed by atoms with Gasteiger partial charge in [-0.15, -0.1) is 0 Å². The topological polar surface area (TPSA) is 75.0 Å². The highest BCUT2D eigenvalue weighted by atomic mass is 32.2. The van der Waals surface area contributed by atoms with Gasteiger partial charge in [-0.2, -0.15) is 4.57 Å². The Bertz CT molecular complexity index is 2320. The number of aromatic nitrogens is 1. The highest BCUT2D eigenvalue weighted by Crippen LogP contribution is 2.49. The number of hydrogen-bond donors (Lipinski definition) is 2. The van der Waals surface area contributed by atoms with Gasteiger partial charge in [-0.1, -0.05) is 48.5 Å². The minimum absolute atomic E-state index is 0.132. The molecule has 9 nitrogen and oxygen atoms in total. The van der Waals surface area contributed by atoms with Crippen LogP contribution in [0.3, 0.4) is 0 Å². The number of carbonyl (C=O) groups is 2. The maximum atomic E-state index is 12.6. The second-order valence-corrected chi connectivity index (χ2v) is 17.9. The molecule has 3 heterocycles. The van der Waals surface area contributed by atoms with Crippen LogP contribution in [0.4, 0.5) is 22.7 Å². The SMILES string of the molecule is CN(C)c1ccc2cc3ccc(N(C)C)cc3[n+](CCCCCC(=O)NCCCCCNC(=O)CCCCCN3C=C/C(=C4\Sc5ccccc5N4C)c4ccccc43)c2c1. The number of pyridine rings is 1. The van der Waals surface area contributed by atoms with E-state index in [4.69, 9.17) is 0 Å². The van der Waals surface area contributed by atoms with E-state index in [-0.39, 0.29) is 11.8 Å². The zero-order valence-corrected chi connectivity index (χ0v) is 37.7. The first kappa shape index (κ1) is 43.6. The average molecular weight is 839 g/mol. The van der Waals surface area contributed by atoms with Crippen LogP contribution in [-0.4, -0.2) is 66.7 Å². The monoisotopic (exact) mass is 838 g/mol. The second-order valence-electron chi connectivity index (χ2n) is 16.8. The highest BCUT2D eigenvalue weighted by Gasteiger charge is 2.27. The molecule has 0 radical (unpaired) electrons. The number of rotatable bonds is 20. The van der Waals surface area contributed by atoms with Crippen molar-refractivity contribution in [2.75, 3.05) is 74.5 Å². The van der Waals surface area contributed by atoms with E-state index in [0.717, 1.165) is 70.9 Å². The fourth-order valence-electron chi connectivity index (χ4n) is 8.41. The molecule has 2 amide bonds. The van der Waals surface area contributed by atoms with Crippen molar-refractivity contribution in [3.8, 4) is 0 Å². The van der Waals surface area contributed by atoms with Gasteiger partial charge in [-0.25, -0.2) is 0 Å². The Balaban J connectivity index is 0.742. The molecule has 4 aromatic carbocycles. The summed E-state index contributed by atoms with van der Waals surface area (Å²) in [6.07, 6.45) is 14.2. The lowest BCUT2D eigenvalue weighted by molar-refractivity contribution is -0.645. The molecule has 0 spiro atoms. The summed E-state index contributed by atoms with van der Waals surface area (Å²) < 4.78 is 2.46. The standard InChI is InChI=1S/C51H63N7O2S/c1-54(2)40-27-25-38-35-39-26-28-41(55(3)4)37-47(39)58(46(38)36-40)33-18-7-10-24-50(60)53-31-16-8-15-30-52-49(59)23-9-6-17-32-57-34-29-43(42-19-11-12-20-44(42)57)51-56(5)45-21-13-14-22-48(45)61-51/h11-14,19-22,25-29,34-37H,6-10,15-18,23-24,30-33H2,1-5H3,(H-,52,53,59,60)/p+1/b51-43+. The molecule has 2 aliphatic rings. The Hall–Kier alpha value is -5.48. The van der Waals surface area contributed by atoms with Crippen molar-refractivity contribution >= 4 is 73.7 Å². The largest absolute Gasteiger partial charge is 0.377 e. The van der Waals surface area contributed by atoms with E-state index in [2.05, 4.69) is 173 Å². The lowest BCUT2D eigenvalue weighted by Gasteiger charge is -2.29. The van der Waals surface area contributed by atoms with E-state index in [9.17, 15) is 9.59 Å². The van der Waals surface area contributed by atoms with Crippen molar-refractivity contribution in [3.63, 3.8) is 0 Å². The van der Waals surface area contributed by atoms with Gasteiger partial charge in [0.05, 0.1) is 10.7 Å². The van der Waals surface area contributed by atoms with E-state index in [1.165, 1.54) is 65.6 Å². The Morgan fingerprint density at radius 2 is 1.21 bits per heavy atom. The van der Waals surface area contributed by atoms with Gasteiger partial charge in [0.2, 0.25) is 22.8 Å². The molecule has 0 atom stereocenters. The summed E-state index contributed by atoms with van der Waals surface area (Å²) in [5, 5.41) is 9.95. The van der Waals surface area contributed by atoms with Crippen LogP contribution in [-0.2, 0) is 16.1 Å². The normalized spacial score (nSPS) is 14.4. The molecule has 1 aromatic heterocycles. The summed E-state index contributed by atoms with van der Waals surface area (Å²) in [4.78, 5) is 35.4. The fraction of sp³-hybridized carbons (Fsp3) is 0.392. The molecule has 61 heavy (non-hydrogen) atoms. The Labute approximate surface area is 367 Å². The number of allylic oxidation sites excluding steroid dienone is 2. The summed E-state index contributed by atoms with van der Waals surface area (Å²) in [5.74, 6) is 0.267. The maximum absolute atomic E-state index is 12.6. The minimum atomic E-state index is 0.132. The van der Waals surface area contributed by atoms with Gasteiger partial charge >= 0.3 is 0 Å². The minimum Gasteiger partial charge on any atom is -0.377 e. The third-order valence-corrected chi connectivity index (χ3v) is 13.2. The average Bonchev–Trinajstić information content (AvgIpc) is 3.60. The fourth-order valence-corrected chi connectivity index (χ4v) is 9.60. The number of para-hydroxylation sites is 2. The number of nitrogens with zero attached hydrogens (tertiary/aromatic N) is 5. The van der Waals surface area contributed by atoms with Crippen LogP contribution < -0.4 is 34.8 Å². The molecular formula is C51H64N7O2S+. The number of hydrogen-bond acceptors (Lipinski definition) is 7. The van der Waals surface area contributed by atoms with Gasteiger partial charge in [0, 0.05) is 136 Å². The van der Waals surface area contributed by atoms with Gasteiger partial charge in [-0.3, -0.25) is 9.59 Å². The molecule has 10 heteroatoms. The van der Waals surface area contributed by atoms with Crippen molar-refractivity contribution in [2.45, 2.75) is 82.1 Å². The predicted octanol–water partition coefficient (Wildman–Crippen LogP) is 9.88. The molecule has 7 rings (SSSR count). The van der Waals surface area contributed by atoms with E-state index < -0.39 is 0 Å². The van der Waals surface area contributed by atoms with Crippen LogP contribution in [0, 0.1) is 0 Å². The number of benzene rings is 4. The molecule has 0 unspecified atom stereocenters. The lowest BCUT2D eigenvalue weighted by atomic mass is 10.00.